The molecule has 1 rings (SSSR count). The second-order valence-corrected chi connectivity index (χ2v) is 4.27. The van der Waals surface area contributed by atoms with Crippen LogP contribution in [0, 0.1) is 15.4 Å². The van der Waals surface area contributed by atoms with Crippen molar-refractivity contribution in [2.75, 3.05) is 7.05 Å². The SMILES string of the molecule is CC#CCC(NC)c1cccc(I)c1. The van der Waals surface area contributed by atoms with Gasteiger partial charge in [-0.2, -0.15) is 0 Å². The summed E-state index contributed by atoms with van der Waals surface area (Å²) in [5, 5.41) is 3.27. The Morgan fingerprint density at radius 2 is 2.29 bits per heavy atom. The topological polar surface area (TPSA) is 12.0 Å². The molecular formula is C12H14IN. The predicted octanol–water partition coefficient (Wildman–Crippen LogP) is 2.97. The molecule has 2 heteroatoms. The van der Waals surface area contributed by atoms with Crippen molar-refractivity contribution in [1.29, 1.82) is 0 Å². The summed E-state index contributed by atoms with van der Waals surface area (Å²) in [6.45, 7) is 1.88. The van der Waals surface area contributed by atoms with E-state index >= 15 is 0 Å². The fourth-order valence-electron chi connectivity index (χ4n) is 1.31. The third-order valence-electron chi connectivity index (χ3n) is 2.08. The molecule has 0 amide bonds. The molecule has 0 saturated heterocycles. The van der Waals surface area contributed by atoms with Gasteiger partial charge in [0.05, 0.1) is 0 Å². The summed E-state index contributed by atoms with van der Waals surface area (Å²) < 4.78 is 1.27. The minimum absolute atomic E-state index is 0.345. The molecule has 1 atom stereocenters. The van der Waals surface area contributed by atoms with Gasteiger partial charge in [-0.25, -0.2) is 0 Å². The lowest BCUT2D eigenvalue weighted by molar-refractivity contribution is 0.611. The van der Waals surface area contributed by atoms with Crippen LogP contribution >= 0.6 is 22.6 Å². The summed E-state index contributed by atoms with van der Waals surface area (Å²) in [5.41, 5.74) is 1.31. The van der Waals surface area contributed by atoms with E-state index in [2.05, 4.69) is 64.0 Å². The van der Waals surface area contributed by atoms with Crippen LogP contribution in [0.5, 0.6) is 0 Å². The molecule has 1 unspecified atom stereocenters. The lowest BCUT2D eigenvalue weighted by atomic mass is 10.0. The van der Waals surface area contributed by atoms with Crippen LogP contribution in [0.1, 0.15) is 24.9 Å². The Kier molecular flexibility index (Phi) is 4.99. The van der Waals surface area contributed by atoms with E-state index in [0.717, 1.165) is 6.42 Å². The van der Waals surface area contributed by atoms with Crippen molar-refractivity contribution < 1.29 is 0 Å². The predicted molar refractivity (Wildman–Crippen MR) is 69.0 cm³/mol. The van der Waals surface area contributed by atoms with Crippen LogP contribution in [0.3, 0.4) is 0 Å². The van der Waals surface area contributed by atoms with Gasteiger partial charge in [0, 0.05) is 16.0 Å². The molecule has 1 aromatic carbocycles. The number of hydrogen-bond acceptors (Lipinski definition) is 1. The van der Waals surface area contributed by atoms with E-state index in [1.807, 2.05) is 14.0 Å². The van der Waals surface area contributed by atoms with Crippen LogP contribution in [-0.2, 0) is 0 Å². The Labute approximate surface area is 99.4 Å². The molecule has 1 aromatic rings. The second-order valence-electron chi connectivity index (χ2n) is 3.03. The Hall–Kier alpha value is -0.530. The third kappa shape index (κ3) is 3.32. The number of nitrogens with one attached hydrogen (secondary N) is 1. The molecule has 1 N–H and O–H groups in total. The van der Waals surface area contributed by atoms with Gasteiger partial charge >= 0.3 is 0 Å². The van der Waals surface area contributed by atoms with Crippen molar-refractivity contribution in [3.05, 3.63) is 33.4 Å². The minimum atomic E-state index is 0.345. The van der Waals surface area contributed by atoms with E-state index < -0.39 is 0 Å². The summed E-state index contributed by atoms with van der Waals surface area (Å²) in [6.07, 6.45) is 0.868. The largest absolute Gasteiger partial charge is 0.312 e. The Balaban J connectivity index is 2.81. The van der Waals surface area contributed by atoms with E-state index in [1.54, 1.807) is 0 Å². The van der Waals surface area contributed by atoms with Crippen LogP contribution in [0.15, 0.2) is 24.3 Å². The highest BCUT2D eigenvalue weighted by Crippen LogP contribution is 2.17. The molecule has 0 aliphatic carbocycles. The summed E-state index contributed by atoms with van der Waals surface area (Å²) >= 11 is 2.33. The zero-order chi connectivity index (χ0) is 10.4. The van der Waals surface area contributed by atoms with Crippen molar-refractivity contribution in [1.82, 2.24) is 5.32 Å². The van der Waals surface area contributed by atoms with Gasteiger partial charge in [0.1, 0.15) is 0 Å². The molecule has 0 aliphatic rings. The maximum atomic E-state index is 3.27. The summed E-state index contributed by atoms with van der Waals surface area (Å²) in [5.74, 6) is 6.03. The average molecular weight is 299 g/mol. The standard InChI is InChI=1S/C12H14IN/c1-3-4-8-12(14-2)10-6-5-7-11(13)9-10/h5-7,9,12,14H,8H2,1-2H3. The van der Waals surface area contributed by atoms with E-state index in [9.17, 15) is 0 Å². The summed E-state index contributed by atoms with van der Waals surface area (Å²) in [6, 6.07) is 8.86. The number of hydrogen-bond donors (Lipinski definition) is 1. The van der Waals surface area contributed by atoms with Gasteiger partial charge in [-0.1, -0.05) is 12.1 Å². The normalized spacial score (nSPS) is 11.6. The minimum Gasteiger partial charge on any atom is -0.312 e. The van der Waals surface area contributed by atoms with E-state index in [0.29, 0.717) is 6.04 Å². The van der Waals surface area contributed by atoms with Gasteiger partial charge in [-0.05, 0) is 54.3 Å². The highest BCUT2D eigenvalue weighted by Gasteiger charge is 2.06. The number of benzene rings is 1. The fraction of sp³-hybridized carbons (Fsp3) is 0.333. The van der Waals surface area contributed by atoms with E-state index in [1.165, 1.54) is 9.13 Å². The van der Waals surface area contributed by atoms with E-state index in [-0.39, 0.29) is 0 Å². The molecule has 14 heavy (non-hydrogen) atoms. The molecule has 0 radical (unpaired) electrons. The van der Waals surface area contributed by atoms with Crippen LogP contribution < -0.4 is 5.32 Å². The van der Waals surface area contributed by atoms with Crippen LogP contribution in [0.2, 0.25) is 0 Å². The monoisotopic (exact) mass is 299 g/mol. The van der Waals surface area contributed by atoms with Gasteiger partial charge in [0.15, 0.2) is 0 Å². The first kappa shape index (κ1) is 11.5. The summed E-state index contributed by atoms with van der Waals surface area (Å²) in [7, 11) is 1.97. The van der Waals surface area contributed by atoms with Crippen LogP contribution in [-0.4, -0.2) is 7.05 Å². The molecule has 0 spiro atoms. The first-order chi connectivity index (χ1) is 6.77. The molecule has 74 valence electrons. The summed E-state index contributed by atoms with van der Waals surface area (Å²) in [4.78, 5) is 0. The maximum absolute atomic E-state index is 3.27. The van der Waals surface area contributed by atoms with Gasteiger partial charge in [-0.15, -0.1) is 11.8 Å². The zero-order valence-electron chi connectivity index (χ0n) is 8.47. The highest BCUT2D eigenvalue weighted by atomic mass is 127. The van der Waals surface area contributed by atoms with Crippen LogP contribution in [0.25, 0.3) is 0 Å². The lowest BCUT2D eigenvalue weighted by Gasteiger charge is -2.13. The van der Waals surface area contributed by atoms with Crippen molar-refractivity contribution >= 4 is 22.6 Å². The van der Waals surface area contributed by atoms with Gasteiger partial charge in [0.2, 0.25) is 0 Å². The number of rotatable bonds is 3. The lowest BCUT2D eigenvalue weighted by Crippen LogP contribution is -2.15. The average Bonchev–Trinajstić information content (AvgIpc) is 2.19. The zero-order valence-corrected chi connectivity index (χ0v) is 10.6. The molecule has 0 bridgehead atoms. The molecule has 0 fully saturated rings. The molecule has 0 saturated carbocycles. The Bertz CT molecular complexity index is 349. The molecule has 1 nitrogen and oxygen atoms in total. The smallest absolute Gasteiger partial charge is 0.0428 e. The number of halogens is 1. The maximum Gasteiger partial charge on any atom is 0.0428 e. The quantitative estimate of drug-likeness (QED) is 0.668. The Morgan fingerprint density at radius 1 is 1.50 bits per heavy atom. The van der Waals surface area contributed by atoms with Crippen molar-refractivity contribution in [3.63, 3.8) is 0 Å². The van der Waals surface area contributed by atoms with E-state index in [4.69, 9.17) is 0 Å². The van der Waals surface area contributed by atoms with Gasteiger partial charge < -0.3 is 5.32 Å². The first-order valence-electron chi connectivity index (χ1n) is 4.60. The fourth-order valence-corrected chi connectivity index (χ4v) is 1.88. The third-order valence-corrected chi connectivity index (χ3v) is 2.75. The van der Waals surface area contributed by atoms with Crippen molar-refractivity contribution in [2.45, 2.75) is 19.4 Å². The van der Waals surface area contributed by atoms with Crippen molar-refractivity contribution in [3.8, 4) is 11.8 Å². The molecule has 0 aromatic heterocycles. The van der Waals surface area contributed by atoms with Crippen LogP contribution in [0.4, 0.5) is 0 Å². The highest BCUT2D eigenvalue weighted by molar-refractivity contribution is 14.1. The molecule has 0 aliphatic heterocycles. The second kappa shape index (κ2) is 6.05. The first-order valence-corrected chi connectivity index (χ1v) is 5.68. The van der Waals surface area contributed by atoms with Gasteiger partial charge in [0.25, 0.3) is 0 Å². The molecular weight excluding hydrogens is 285 g/mol. The Morgan fingerprint density at radius 3 is 2.86 bits per heavy atom. The van der Waals surface area contributed by atoms with Crippen molar-refractivity contribution in [2.24, 2.45) is 0 Å². The molecule has 0 heterocycles. The van der Waals surface area contributed by atoms with Gasteiger partial charge in [-0.3, -0.25) is 0 Å².